The third-order valence-corrected chi connectivity index (χ3v) is 3.84. The van der Waals surface area contributed by atoms with Gasteiger partial charge in [0.15, 0.2) is 5.82 Å². The molecule has 0 aliphatic rings. The third kappa shape index (κ3) is 2.52. The number of benzene rings is 1. The van der Waals surface area contributed by atoms with Gasteiger partial charge in [-0.3, -0.25) is 9.40 Å². The minimum Gasteiger partial charge on any atom is -0.392 e. The van der Waals surface area contributed by atoms with Crippen LogP contribution in [0.25, 0.3) is 0 Å². The lowest BCUT2D eigenvalue weighted by atomic mass is 10.2. The van der Waals surface area contributed by atoms with Crippen LogP contribution in [0.2, 0.25) is 0 Å². The van der Waals surface area contributed by atoms with Gasteiger partial charge in [0.1, 0.15) is 0 Å². The zero-order valence-electron chi connectivity index (χ0n) is 9.74. The number of aromatic nitrogens is 2. The van der Waals surface area contributed by atoms with Gasteiger partial charge in [-0.1, -0.05) is 18.2 Å². The summed E-state index contributed by atoms with van der Waals surface area (Å²) in [6, 6.07) is 7.83. The summed E-state index contributed by atoms with van der Waals surface area (Å²) < 4.78 is 28.1. The number of aliphatic hydroxyl groups excluding tert-OH is 1. The Labute approximate surface area is 105 Å². The van der Waals surface area contributed by atoms with Gasteiger partial charge in [-0.25, -0.2) is 8.42 Å². The van der Waals surface area contributed by atoms with Crippen LogP contribution in [0.3, 0.4) is 0 Å². The van der Waals surface area contributed by atoms with Crippen LogP contribution in [-0.2, 0) is 23.7 Å². The molecule has 0 aliphatic carbocycles. The third-order valence-electron chi connectivity index (χ3n) is 2.39. The van der Waals surface area contributed by atoms with Crippen LogP contribution < -0.4 is 4.72 Å². The van der Waals surface area contributed by atoms with Crippen molar-refractivity contribution in [1.29, 1.82) is 0 Å². The molecule has 1 aromatic carbocycles. The van der Waals surface area contributed by atoms with E-state index in [0.717, 1.165) is 0 Å². The molecule has 18 heavy (non-hydrogen) atoms. The predicted molar refractivity (Wildman–Crippen MR) is 66.4 cm³/mol. The maximum atomic E-state index is 12.1. The molecule has 0 spiro atoms. The molecule has 0 aliphatic heterocycles. The summed E-state index contributed by atoms with van der Waals surface area (Å²) in [6.45, 7) is -0.334. The van der Waals surface area contributed by atoms with E-state index in [2.05, 4.69) is 9.82 Å². The summed E-state index contributed by atoms with van der Waals surface area (Å²) in [5, 5.41) is 13.1. The maximum absolute atomic E-state index is 12.1. The molecule has 0 bridgehead atoms. The number of nitrogens with zero attached hydrogens (tertiary/aromatic N) is 2. The van der Waals surface area contributed by atoms with Crippen molar-refractivity contribution in [3.05, 3.63) is 42.1 Å². The monoisotopic (exact) mass is 267 g/mol. The second-order valence-electron chi connectivity index (χ2n) is 3.75. The van der Waals surface area contributed by atoms with E-state index in [4.69, 9.17) is 5.11 Å². The van der Waals surface area contributed by atoms with Gasteiger partial charge in [0.25, 0.3) is 10.0 Å². The van der Waals surface area contributed by atoms with E-state index >= 15 is 0 Å². The van der Waals surface area contributed by atoms with Crippen molar-refractivity contribution < 1.29 is 13.5 Å². The lowest BCUT2D eigenvalue weighted by Gasteiger charge is -2.08. The number of rotatable bonds is 4. The largest absolute Gasteiger partial charge is 0.392 e. The number of aryl methyl sites for hydroxylation is 1. The molecule has 1 aromatic heterocycles. The van der Waals surface area contributed by atoms with Gasteiger partial charge in [-0.05, 0) is 11.6 Å². The molecule has 0 radical (unpaired) electrons. The van der Waals surface area contributed by atoms with E-state index in [1.54, 1.807) is 37.5 Å². The zero-order chi connectivity index (χ0) is 13.2. The second kappa shape index (κ2) is 4.79. The molecular weight excluding hydrogens is 254 g/mol. The molecule has 0 amide bonds. The number of nitrogens with one attached hydrogen (secondary N) is 1. The minimum atomic E-state index is -3.73. The molecule has 0 saturated heterocycles. The fourth-order valence-electron chi connectivity index (χ4n) is 1.56. The highest BCUT2D eigenvalue weighted by Crippen LogP contribution is 2.18. The Balaban J connectivity index is 2.36. The SMILES string of the molecule is Cn1ccc(NS(=O)(=O)c2ccccc2CO)n1. The van der Waals surface area contributed by atoms with Crippen LogP contribution in [-0.4, -0.2) is 23.3 Å². The van der Waals surface area contributed by atoms with E-state index in [0.29, 0.717) is 5.56 Å². The molecule has 2 aromatic rings. The molecular formula is C11H13N3O3S. The van der Waals surface area contributed by atoms with Crippen molar-refractivity contribution in [2.24, 2.45) is 7.05 Å². The summed E-state index contributed by atoms with van der Waals surface area (Å²) in [5.41, 5.74) is 0.348. The molecule has 0 unspecified atom stereocenters. The van der Waals surface area contributed by atoms with Crippen LogP contribution in [0.15, 0.2) is 41.4 Å². The number of hydrogen-bond donors (Lipinski definition) is 2. The summed E-state index contributed by atoms with van der Waals surface area (Å²) in [7, 11) is -2.03. The van der Waals surface area contributed by atoms with Gasteiger partial charge in [0.05, 0.1) is 11.5 Å². The quantitative estimate of drug-likeness (QED) is 0.854. The van der Waals surface area contributed by atoms with Crippen molar-refractivity contribution in [3.8, 4) is 0 Å². The van der Waals surface area contributed by atoms with E-state index in [9.17, 15) is 8.42 Å². The van der Waals surface area contributed by atoms with Crippen molar-refractivity contribution >= 4 is 15.8 Å². The van der Waals surface area contributed by atoms with E-state index in [1.807, 2.05) is 0 Å². The highest BCUT2D eigenvalue weighted by molar-refractivity contribution is 7.92. The van der Waals surface area contributed by atoms with Crippen LogP contribution in [0.5, 0.6) is 0 Å². The first-order valence-corrected chi connectivity index (χ1v) is 6.72. The first-order chi connectivity index (χ1) is 8.53. The van der Waals surface area contributed by atoms with Crippen LogP contribution in [0.4, 0.5) is 5.82 Å². The van der Waals surface area contributed by atoms with Gasteiger partial charge in [-0.2, -0.15) is 5.10 Å². The lowest BCUT2D eigenvalue weighted by molar-refractivity contribution is 0.278. The average Bonchev–Trinajstić information content (AvgIpc) is 2.74. The van der Waals surface area contributed by atoms with Crippen LogP contribution in [0, 0.1) is 0 Å². The molecule has 0 atom stereocenters. The molecule has 2 rings (SSSR count). The second-order valence-corrected chi connectivity index (χ2v) is 5.40. The minimum absolute atomic E-state index is 0.0538. The molecule has 2 N–H and O–H groups in total. The smallest absolute Gasteiger partial charge is 0.263 e. The summed E-state index contributed by atoms with van der Waals surface area (Å²) in [6.07, 6.45) is 1.63. The topological polar surface area (TPSA) is 84.2 Å². The van der Waals surface area contributed by atoms with Gasteiger partial charge >= 0.3 is 0 Å². The van der Waals surface area contributed by atoms with E-state index in [1.165, 1.54) is 10.7 Å². The van der Waals surface area contributed by atoms with E-state index in [-0.39, 0.29) is 17.3 Å². The van der Waals surface area contributed by atoms with Crippen LogP contribution >= 0.6 is 0 Å². The first-order valence-electron chi connectivity index (χ1n) is 5.24. The highest BCUT2D eigenvalue weighted by Gasteiger charge is 2.18. The van der Waals surface area contributed by atoms with Crippen molar-refractivity contribution in [1.82, 2.24) is 9.78 Å². The fourth-order valence-corrected chi connectivity index (χ4v) is 2.79. The first kappa shape index (κ1) is 12.6. The summed E-state index contributed by atoms with van der Waals surface area (Å²) >= 11 is 0. The Bertz CT molecular complexity index is 649. The molecule has 0 fully saturated rings. The highest BCUT2D eigenvalue weighted by atomic mass is 32.2. The Hall–Kier alpha value is -1.86. The lowest BCUT2D eigenvalue weighted by Crippen LogP contribution is -2.15. The maximum Gasteiger partial charge on any atom is 0.263 e. The summed E-state index contributed by atoms with van der Waals surface area (Å²) in [4.78, 5) is 0.0538. The molecule has 6 nitrogen and oxygen atoms in total. The van der Waals surface area contributed by atoms with Gasteiger partial charge < -0.3 is 5.11 Å². The molecule has 0 saturated carbocycles. The Morgan fingerprint density at radius 1 is 1.33 bits per heavy atom. The standard InChI is InChI=1S/C11H13N3O3S/c1-14-7-6-11(12-14)13-18(16,17)10-5-3-2-4-9(10)8-15/h2-7,15H,8H2,1H3,(H,12,13). The number of anilines is 1. The normalized spacial score (nSPS) is 11.4. The number of sulfonamides is 1. The predicted octanol–water partition coefficient (Wildman–Crippen LogP) is 0.713. The summed E-state index contributed by atoms with van der Waals surface area (Å²) in [5.74, 6) is 0.241. The molecule has 1 heterocycles. The molecule has 7 heteroatoms. The van der Waals surface area contributed by atoms with Crippen molar-refractivity contribution in [3.63, 3.8) is 0 Å². The molecule has 96 valence electrons. The van der Waals surface area contributed by atoms with Gasteiger partial charge in [0.2, 0.25) is 0 Å². The van der Waals surface area contributed by atoms with Gasteiger partial charge in [-0.15, -0.1) is 0 Å². The van der Waals surface area contributed by atoms with Crippen molar-refractivity contribution in [2.45, 2.75) is 11.5 Å². The van der Waals surface area contributed by atoms with E-state index < -0.39 is 10.0 Å². The Morgan fingerprint density at radius 3 is 2.67 bits per heavy atom. The fraction of sp³-hybridized carbons (Fsp3) is 0.182. The van der Waals surface area contributed by atoms with Gasteiger partial charge in [0, 0.05) is 19.3 Å². The van der Waals surface area contributed by atoms with Crippen molar-refractivity contribution in [2.75, 3.05) is 4.72 Å². The zero-order valence-corrected chi connectivity index (χ0v) is 10.6. The Morgan fingerprint density at radius 2 is 2.06 bits per heavy atom. The number of aliphatic hydroxyl groups is 1. The Kier molecular flexibility index (Phi) is 3.35. The number of hydrogen-bond acceptors (Lipinski definition) is 4. The average molecular weight is 267 g/mol. The van der Waals surface area contributed by atoms with Crippen LogP contribution in [0.1, 0.15) is 5.56 Å².